The number of aromatic nitrogens is 1. The minimum absolute atomic E-state index is 0.00934. The SMILES string of the molecule is CO[C@H]1C[C@H]2C=CC3C4[C@H](O)[C@@H](C)[C@@H](OC(=O)c5ccc[nH]5)[C@@H]3O[C@]42/C(C)=C/[C@@H](C)[C@@H]([C@@H](C)OC(=O)C(=O)NCc2c(F)cccc2Cl)OC1=O. The van der Waals surface area contributed by atoms with Crippen LogP contribution in [0.5, 0.6) is 0 Å². The Balaban J connectivity index is 1.26. The van der Waals surface area contributed by atoms with E-state index in [0.717, 1.165) is 5.57 Å². The molecule has 4 bridgehead atoms. The minimum Gasteiger partial charge on any atom is -0.456 e. The molecule has 1 saturated carbocycles. The summed E-state index contributed by atoms with van der Waals surface area (Å²) in [6.45, 7) is 6.65. The average molecular weight is 729 g/mol. The third-order valence-corrected chi connectivity index (χ3v) is 11.2. The molecule has 1 amide bonds. The smallest absolute Gasteiger partial charge is 0.397 e. The summed E-state index contributed by atoms with van der Waals surface area (Å²) in [5.74, 6) is -6.53. The van der Waals surface area contributed by atoms with Gasteiger partial charge in [0, 0.05) is 60.0 Å². The van der Waals surface area contributed by atoms with Gasteiger partial charge in [-0.1, -0.05) is 49.7 Å². The van der Waals surface area contributed by atoms with E-state index in [4.69, 9.17) is 35.3 Å². The first-order valence-electron chi connectivity index (χ1n) is 17.0. The number of cyclic esters (lactones) is 1. The number of aromatic amines is 1. The molecule has 1 aromatic carbocycles. The summed E-state index contributed by atoms with van der Waals surface area (Å²) < 4.78 is 44.2. The van der Waals surface area contributed by atoms with Gasteiger partial charge in [0.25, 0.3) is 0 Å². The van der Waals surface area contributed by atoms with E-state index in [2.05, 4.69) is 10.3 Å². The molecule has 3 heterocycles. The van der Waals surface area contributed by atoms with Gasteiger partial charge in [-0.2, -0.15) is 0 Å². The number of carbonyl (C=O) groups is 4. The molecule has 1 aromatic heterocycles. The number of halogens is 2. The van der Waals surface area contributed by atoms with E-state index in [-0.39, 0.29) is 35.2 Å². The van der Waals surface area contributed by atoms with Gasteiger partial charge >= 0.3 is 23.8 Å². The molecule has 6 rings (SSSR count). The highest BCUT2D eigenvalue weighted by atomic mass is 35.5. The van der Waals surface area contributed by atoms with Gasteiger partial charge in [-0.25, -0.2) is 18.8 Å². The maximum Gasteiger partial charge on any atom is 0.397 e. The number of ether oxygens (including phenoxy) is 5. The molecule has 12 atom stereocenters. The fourth-order valence-corrected chi connectivity index (χ4v) is 8.59. The number of methoxy groups -OCH3 is 1. The summed E-state index contributed by atoms with van der Waals surface area (Å²) in [5, 5.41) is 14.3. The number of benzene rings is 1. The van der Waals surface area contributed by atoms with Crippen LogP contribution in [0.4, 0.5) is 4.39 Å². The van der Waals surface area contributed by atoms with Gasteiger partial charge in [-0.15, -0.1) is 0 Å². The third kappa shape index (κ3) is 6.61. The molecule has 2 fully saturated rings. The van der Waals surface area contributed by atoms with Crippen molar-refractivity contribution in [3.63, 3.8) is 0 Å². The lowest BCUT2D eigenvalue weighted by molar-refractivity contribution is -0.180. The van der Waals surface area contributed by atoms with E-state index in [1.165, 1.54) is 32.2 Å². The Morgan fingerprint density at radius 3 is 2.65 bits per heavy atom. The summed E-state index contributed by atoms with van der Waals surface area (Å²) in [7, 11) is 1.39. The molecule has 1 saturated heterocycles. The number of aliphatic hydroxyl groups is 1. The Kier molecular flexibility index (Phi) is 10.5. The van der Waals surface area contributed by atoms with Crippen molar-refractivity contribution >= 4 is 35.4 Å². The van der Waals surface area contributed by atoms with E-state index in [0.29, 0.717) is 0 Å². The average Bonchev–Trinajstić information content (AvgIpc) is 3.70. The Hall–Kier alpha value is -4.04. The molecule has 3 N–H and O–H groups in total. The highest BCUT2D eigenvalue weighted by Gasteiger charge is 2.69. The van der Waals surface area contributed by atoms with Crippen molar-refractivity contribution in [1.29, 1.82) is 0 Å². The maximum absolute atomic E-state index is 14.2. The molecular weight excluding hydrogens is 687 g/mol. The minimum atomic E-state index is -1.26. The summed E-state index contributed by atoms with van der Waals surface area (Å²) >= 11 is 6.03. The second-order valence-corrected chi connectivity index (χ2v) is 14.2. The molecule has 2 aliphatic heterocycles. The number of carbonyl (C=O) groups excluding carboxylic acids is 4. The number of hydrogen-bond acceptors (Lipinski definition) is 10. The Morgan fingerprint density at radius 2 is 1.96 bits per heavy atom. The molecule has 0 radical (unpaired) electrons. The van der Waals surface area contributed by atoms with Crippen LogP contribution in [0.1, 0.15) is 50.2 Å². The van der Waals surface area contributed by atoms with Gasteiger partial charge in [0.15, 0.2) is 6.10 Å². The number of hydrogen-bond donors (Lipinski definition) is 3. The second kappa shape index (κ2) is 14.5. The summed E-state index contributed by atoms with van der Waals surface area (Å²) in [5.41, 5.74) is -0.0635. The van der Waals surface area contributed by atoms with Crippen LogP contribution in [0.2, 0.25) is 5.02 Å². The summed E-state index contributed by atoms with van der Waals surface area (Å²) in [4.78, 5) is 55.1. The highest BCUT2D eigenvalue weighted by Crippen LogP contribution is 2.61. The van der Waals surface area contributed by atoms with Crippen molar-refractivity contribution < 1.29 is 52.4 Å². The quantitative estimate of drug-likeness (QED) is 0.164. The second-order valence-electron chi connectivity index (χ2n) is 13.8. The predicted octanol–water partition coefficient (Wildman–Crippen LogP) is 4.06. The van der Waals surface area contributed by atoms with E-state index >= 15 is 0 Å². The van der Waals surface area contributed by atoms with Crippen molar-refractivity contribution in [2.24, 2.45) is 29.6 Å². The zero-order valence-corrected chi connectivity index (χ0v) is 29.6. The zero-order chi connectivity index (χ0) is 36.8. The normalized spacial score (nSPS) is 35.8. The van der Waals surface area contributed by atoms with E-state index in [1.54, 1.807) is 25.3 Å². The molecule has 2 aromatic rings. The Morgan fingerprint density at radius 1 is 1.20 bits per heavy atom. The number of nitrogens with one attached hydrogen (secondary N) is 2. The van der Waals surface area contributed by atoms with Crippen molar-refractivity contribution in [3.8, 4) is 0 Å². The van der Waals surface area contributed by atoms with Crippen molar-refractivity contribution in [2.75, 3.05) is 7.11 Å². The molecule has 51 heavy (non-hydrogen) atoms. The molecular formula is C37H42ClFN2O10. The van der Waals surface area contributed by atoms with E-state index in [9.17, 15) is 28.7 Å². The fraction of sp³-hybridized carbons (Fsp3) is 0.514. The van der Waals surface area contributed by atoms with Crippen molar-refractivity contribution in [1.82, 2.24) is 10.3 Å². The number of H-pyrrole nitrogens is 1. The first-order chi connectivity index (χ1) is 24.3. The molecule has 274 valence electrons. The standard InChI is InChI=1S/C37H42ClFN2O10/c1-17-14-18(2)37-21(11-12-22-28(37)29(42)19(3)31(32(22)51-37)50-34(44)26-10-7-13-40-26)15-27(47-5)35(45)49-30(17)20(4)48-36(46)33(43)41-16-23-24(38)8-6-9-25(23)39/h6-14,17,19-22,27-32,40,42H,15-16H2,1-5H3,(H,41,43)/b18-14+/t17-,19-,20-,21-,22?,27+,28?,29-,30+,31-,32-,37+/m1/s1. The number of aliphatic hydroxyl groups excluding tert-OH is 1. The third-order valence-electron chi connectivity index (χ3n) is 10.9. The van der Waals surface area contributed by atoms with Gasteiger partial charge in [0.2, 0.25) is 0 Å². The lowest BCUT2D eigenvalue weighted by Gasteiger charge is -2.48. The first-order valence-corrected chi connectivity index (χ1v) is 17.4. The summed E-state index contributed by atoms with van der Waals surface area (Å²) in [6.07, 6.45) is 2.05. The van der Waals surface area contributed by atoms with Crippen LogP contribution in [0.3, 0.4) is 0 Å². The molecule has 4 aliphatic rings. The molecule has 12 nitrogen and oxygen atoms in total. The van der Waals surface area contributed by atoms with Gasteiger partial charge in [0.1, 0.15) is 41.5 Å². The van der Waals surface area contributed by atoms with Gasteiger partial charge in [0.05, 0.1) is 6.10 Å². The number of amides is 1. The molecule has 1 spiro atoms. The largest absolute Gasteiger partial charge is 0.456 e. The monoisotopic (exact) mass is 728 g/mol. The lowest BCUT2D eigenvalue weighted by Crippen LogP contribution is -2.57. The number of esters is 3. The Bertz CT molecular complexity index is 1710. The maximum atomic E-state index is 14.2. The highest BCUT2D eigenvalue weighted by molar-refractivity contribution is 6.33. The summed E-state index contributed by atoms with van der Waals surface area (Å²) in [6, 6.07) is 7.36. The van der Waals surface area contributed by atoms with Crippen molar-refractivity contribution in [2.45, 2.75) is 82.9 Å². The van der Waals surface area contributed by atoms with Crippen LogP contribution in [0, 0.1) is 35.4 Å². The van der Waals surface area contributed by atoms with Crippen molar-refractivity contribution in [3.05, 3.63) is 82.4 Å². The van der Waals surface area contributed by atoms with E-state index < -0.39 is 95.5 Å². The predicted molar refractivity (Wildman–Crippen MR) is 179 cm³/mol. The van der Waals surface area contributed by atoms with Gasteiger partial charge in [-0.3, -0.25) is 4.79 Å². The topological polar surface area (TPSA) is 162 Å². The number of rotatable bonds is 7. The molecule has 2 aliphatic carbocycles. The lowest BCUT2D eigenvalue weighted by atomic mass is 9.57. The van der Waals surface area contributed by atoms with Crippen LogP contribution in [-0.2, 0) is 44.6 Å². The Labute approximate surface area is 299 Å². The van der Waals surface area contributed by atoms with Gasteiger partial charge < -0.3 is 39.1 Å². The van der Waals surface area contributed by atoms with Crippen LogP contribution in [0.15, 0.2) is 60.3 Å². The molecule has 14 heteroatoms. The van der Waals surface area contributed by atoms with Crippen LogP contribution < -0.4 is 5.32 Å². The van der Waals surface area contributed by atoms with E-state index in [1.807, 2.05) is 32.1 Å². The van der Waals surface area contributed by atoms with Crippen LogP contribution in [-0.4, -0.2) is 83.2 Å². The fourth-order valence-electron chi connectivity index (χ4n) is 8.36. The van der Waals surface area contributed by atoms with Crippen LogP contribution in [0.25, 0.3) is 0 Å². The molecule has 2 unspecified atom stereocenters. The zero-order valence-electron chi connectivity index (χ0n) is 28.8. The first kappa shape index (κ1) is 36.7. The van der Waals surface area contributed by atoms with Gasteiger partial charge in [-0.05, 0) is 50.1 Å². The van der Waals surface area contributed by atoms with Crippen LogP contribution >= 0.6 is 11.6 Å².